The highest BCUT2D eigenvalue weighted by molar-refractivity contribution is 5.79. The summed E-state index contributed by atoms with van der Waals surface area (Å²) in [7, 11) is 0. The van der Waals surface area contributed by atoms with Crippen molar-refractivity contribution in [2.45, 2.75) is 201 Å². The molecule has 3 heteroatoms. The van der Waals surface area contributed by atoms with Gasteiger partial charge >= 0.3 is 5.97 Å². The van der Waals surface area contributed by atoms with E-state index in [0.717, 1.165) is 67.1 Å². The number of rotatable bonds is 22. The molecular formula is C45H78O3. The van der Waals surface area contributed by atoms with Crippen LogP contribution in [0, 0.1) is 52.3 Å². The van der Waals surface area contributed by atoms with E-state index in [1.165, 1.54) is 141 Å². The summed E-state index contributed by atoms with van der Waals surface area (Å²) in [5.74, 6) is 5.26. The van der Waals surface area contributed by atoms with Crippen LogP contribution in [-0.4, -0.2) is 22.3 Å². The molecular weight excluding hydrogens is 588 g/mol. The van der Waals surface area contributed by atoms with E-state index in [9.17, 15) is 9.90 Å². The van der Waals surface area contributed by atoms with Gasteiger partial charge in [-0.05, 0) is 110 Å². The molecule has 4 aliphatic rings. The van der Waals surface area contributed by atoms with E-state index in [0.29, 0.717) is 10.8 Å². The van der Waals surface area contributed by atoms with E-state index in [4.69, 9.17) is 5.11 Å². The van der Waals surface area contributed by atoms with E-state index in [2.05, 4.69) is 40.7 Å². The molecule has 0 amide bonds. The minimum Gasteiger partial charge on any atom is -0.478 e. The maximum atomic E-state index is 10.6. The minimum absolute atomic E-state index is 0.110. The summed E-state index contributed by atoms with van der Waals surface area (Å²) in [6, 6.07) is 0. The third-order valence-corrected chi connectivity index (χ3v) is 14.6. The fraction of sp³-hybridized carbons (Fsp3) is 0.889. The number of fused-ring (bicyclic) bond motifs is 5. The zero-order chi connectivity index (χ0) is 34.6. The van der Waals surface area contributed by atoms with Gasteiger partial charge in [0.1, 0.15) is 0 Å². The number of hydrogen-bond acceptors (Lipinski definition) is 2. The molecule has 0 aromatic rings. The molecule has 0 aliphatic heterocycles. The van der Waals surface area contributed by atoms with Crippen LogP contribution in [0.3, 0.4) is 0 Å². The quantitative estimate of drug-likeness (QED) is 0.0687. The van der Waals surface area contributed by atoms with Gasteiger partial charge in [-0.25, -0.2) is 4.79 Å². The van der Waals surface area contributed by atoms with Crippen molar-refractivity contribution in [2.24, 2.45) is 52.3 Å². The fourth-order valence-corrected chi connectivity index (χ4v) is 12.1. The molecule has 3 nitrogen and oxygen atoms in total. The van der Waals surface area contributed by atoms with Crippen LogP contribution in [0.25, 0.3) is 0 Å². The van der Waals surface area contributed by atoms with E-state index in [-0.39, 0.29) is 6.10 Å². The predicted octanol–water partition coefficient (Wildman–Crippen LogP) is 13.1. The number of hydrogen-bond donors (Lipinski definition) is 2. The van der Waals surface area contributed by atoms with Gasteiger partial charge in [0.05, 0.1) is 6.10 Å². The molecule has 0 radical (unpaired) electrons. The first-order valence-corrected chi connectivity index (χ1v) is 21.3. The normalized spacial score (nSPS) is 33.8. The van der Waals surface area contributed by atoms with E-state index >= 15 is 0 Å². The number of carboxylic acids is 1. The summed E-state index contributed by atoms with van der Waals surface area (Å²) in [5.41, 5.74) is 2.49. The largest absolute Gasteiger partial charge is 0.478 e. The standard InChI is InChI=1S/C45H78O3/c1-34(2)22-21-23-35(3)40-28-29-41-39-27-26-37-32-38(46)30-31-44(37,4)43(39)36(33-45(40,41)5)24-19-17-15-13-11-9-7-6-8-10-12-14-16-18-20-25-42(47)48/h20,25-26,34-36,38-41,43,46H,6-19,21-24,27-33H2,1-5H3,(H,47,48)/t35-,36?,38+,39+,40-,41+,43+,44+,45-/m1/s1. The number of aliphatic hydroxyl groups is 1. The smallest absolute Gasteiger partial charge is 0.327 e. The van der Waals surface area contributed by atoms with Gasteiger partial charge in [0.25, 0.3) is 0 Å². The Morgan fingerprint density at radius 3 is 2.10 bits per heavy atom. The number of aliphatic hydroxyl groups excluding tert-OH is 1. The number of allylic oxidation sites excluding steroid dienone is 2. The molecule has 0 heterocycles. The minimum atomic E-state index is -0.832. The molecule has 3 saturated carbocycles. The van der Waals surface area contributed by atoms with Crippen LogP contribution in [0.5, 0.6) is 0 Å². The summed E-state index contributed by atoms with van der Waals surface area (Å²) < 4.78 is 0. The van der Waals surface area contributed by atoms with Crippen molar-refractivity contribution < 1.29 is 15.0 Å². The highest BCUT2D eigenvalue weighted by Crippen LogP contribution is 2.69. The van der Waals surface area contributed by atoms with Crippen LogP contribution in [0.15, 0.2) is 23.8 Å². The van der Waals surface area contributed by atoms with Crippen LogP contribution >= 0.6 is 0 Å². The summed E-state index contributed by atoms with van der Waals surface area (Å²) in [5, 5.41) is 19.3. The Hall–Kier alpha value is -1.09. The zero-order valence-electron chi connectivity index (χ0n) is 32.3. The lowest BCUT2D eigenvalue weighted by atomic mass is 9.43. The number of carboxylic acid groups (broad SMARTS) is 1. The Kier molecular flexibility index (Phi) is 16.1. The van der Waals surface area contributed by atoms with Crippen molar-refractivity contribution in [3.63, 3.8) is 0 Å². The van der Waals surface area contributed by atoms with Gasteiger partial charge in [-0.2, -0.15) is 0 Å². The predicted molar refractivity (Wildman–Crippen MR) is 204 cm³/mol. The SMILES string of the molecule is CC(C)CCC[C@@H](C)[C@H]1CC[C@H]2[C@@H]3CC=C4C[C@@H](O)CC[C@]4(C)[C@H]3C(CCCCCCCCCCCCCCCC=CC(=O)O)C[C@]12C. The molecule has 0 aromatic carbocycles. The Morgan fingerprint density at radius 2 is 1.48 bits per heavy atom. The van der Waals surface area contributed by atoms with E-state index < -0.39 is 5.97 Å². The molecule has 9 atom stereocenters. The molecule has 4 aliphatic carbocycles. The zero-order valence-corrected chi connectivity index (χ0v) is 32.3. The highest BCUT2D eigenvalue weighted by atomic mass is 16.4. The molecule has 0 aromatic heterocycles. The maximum absolute atomic E-state index is 10.6. The van der Waals surface area contributed by atoms with Crippen molar-refractivity contribution in [3.05, 3.63) is 23.8 Å². The van der Waals surface area contributed by atoms with Crippen molar-refractivity contribution in [3.8, 4) is 0 Å². The lowest BCUT2D eigenvalue weighted by Gasteiger charge is -2.61. The second-order valence-electron chi connectivity index (χ2n) is 18.4. The summed E-state index contributed by atoms with van der Waals surface area (Å²) in [6.45, 7) is 12.8. The number of unbranched alkanes of at least 4 members (excludes halogenated alkanes) is 13. The van der Waals surface area contributed by atoms with Gasteiger partial charge in [0, 0.05) is 6.08 Å². The van der Waals surface area contributed by atoms with E-state index in [1.54, 1.807) is 11.6 Å². The third-order valence-electron chi connectivity index (χ3n) is 14.6. The van der Waals surface area contributed by atoms with Crippen LogP contribution in [0.4, 0.5) is 0 Å². The average Bonchev–Trinajstić information content (AvgIpc) is 3.39. The van der Waals surface area contributed by atoms with Crippen LogP contribution < -0.4 is 0 Å². The van der Waals surface area contributed by atoms with Crippen molar-refractivity contribution in [1.82, 2.24) is 0 Å². The Morgan fingerprint density at radius 1 is 0.854 bits per heavy atom. The number of carbonyl (C=O) groups is 1. The topological polar surface area (TPSA) is 57.5 Å². The molecule has 0 bridgehead atoms. The Bertz CT molecular complexity index is 1010. The first-order valence-electron chi connectivity index (χ1n) is 21.3. The molecule has 1 unspecified atom stereocenters. The fourth-order valence-electron chi connectivity index (χ4n) is 12.1. The molecule has 0 saturated heterocycles. The Labute approximate surface area is 297 Å². The third kappa shape index (κ3) is 10.7. The summed E-state index contributed by atoms with van der Waals surface area (Å²) in [4.78, 5) is 10.5. The van der Waals surface area contributed by atoms with Gasteiger partial charge in [-0.15, -0.1) is 0 Å². The lowest BCUT2D eigenvalue weighted by molar-refractivity contribution is -0.131. The summed E-state index contributed by atoms with van der Waals surface area (Å²) >= 11 is 0. The van der Waals surface area contributed by atoms with Gasteiger partial charge in [0.15, 0.2) is 0 Å². The monoisotopic (exact) mass is 667 g/mol. The second kappa shape index (κ2) is 19.5. The molecule has 276 valence electrons. The van der Waals surface area contributed by atoms with Crippen molar-refractivity contribution >= 4 is 5.97 Å². The first-order chi connectivity index (χ1) is 23.1. The van der Waals surface area contributed by atoms with Gasteiger partial charge < -0.3 is 10.2 Å². The van der Waals surface area contributed by atoms with Gasteiger partial charge in [0.2, 0.25) is 0 Å². The van der Waals surface area contributed by atoms with Crippen molar-refractivity contribution in [1.29, 1.82) is 0 Å². The van der Waals surface area contributed by atoms with Crippen LogP contribution in [-0.2, 0) is 4.79 Å². The first kappa shape index (κ1) is 39.7. The molecule has 48 heavy (non-hydrogen) atoms. The molecule has 2 N–H and O–H groups in total. The van der Waals surface area contributed by atoms with Crippen LogP contribution in [0.1, 0.15) is 195 Å². The van der Waals surface area contributed by atoms with Gasteiger partial charge in [-0.1, -0.05) is 155 Å². The molecule has 0 spiro atoms. The average molecular weight is 667 g/mol. The molecule has 3 fully saturated rings. The maximum Gasteiger partial charge on any atom is 0.327 e. The highest BCUT2D eigenvalue weighted by Gasteiger charge is 2.61. The summed E-state index contributed by atoms with van der Waals surface area (Å²) in [6.07, 6.45) is 38.6. The number of aliphatic carboxylic acids is 1. The molecule has 4 rings (SSSR count). The van der Waals surface area contributed by atoms with Crippen molar-refractivity contribution in [2.75, 3.05) is 0 Å². The van der Waals surface area contributed by atoms with Gasteiger partial charge in [-0.3, -0.25) is 0 Å². The van der Waals surface area contributed by atoms with E-state index in [1.807, 2.05) is 0 Å². The second-order valence-corrected chi connectivity index (χ2v) is 18.4. The lowest BCUT2D eigenvalue weighted by Crippen LogP contribution is -2.54. The van der Waals surface area contributed by atoms with Crippen LogP contribution in [0.2, 0.25) is 0 Å². The Balaban J connectivity index is 1.21.